The van der Waals surface area contributed by atoms with E-state index in [2.05, 4.69) is 15.6 Å². The second-order valence-electron chi connectivity index (χ2n) is 4.20. The lowest BCUT2D eigenvalue weighted by atomic mass is 10.1. The highest BCUT2D eigenvalue weighted by atomic mass is 16.6. The van der Waals surface area contributed by atoms with E-state index in [1.165, 1.54) is 12.1 Å². The highest BCUT2D eigenvalue weighted by Gasteiger charge is 2.20. The summed E-state index contributed by atoms with van der Waals surface area (Å²) in [6.07, 6.45) is 1.82. The molecule has 1 aromatic heterocycles. The second-order valence-corrected chi connectivity index (χ2v) is 4.20. The maximum Gasteiger partial charge on any atom is 0.270 e. The summed E-state index contributed by atoms with van der Waals surface area (Å²) in [5, 5.41) is 22.0. The molecule has 0 saturated carbocycles. The highest BCUT2D eigenvalue weighted by molar-refractivity contribution is 5.61. The lowest BCUT2D eigenvalue weighted by Gasteiger charge is -2.26. The summed E-state index contributed by atoms with van der Waals surface area (Å²) in [7, 11) is 0. The minimum atomic E-state index is -0.413. The number of non-ortho nitro benzene ring substituents is 1. The van der Waals surface area contributed by atoms with Gasteiger partial charge in [-0.15, -0.1) is 5.10 Å². The Morgan fingerprint density at radius 2 is 2.28 bits per heavy atom. The fraction of sp³-hybridized carbons (Fsp3) is 0.273. The smallest absolute Gasteiger partial charge is 0.270 e. The minimum absolute atomic E-state index is 0.0624. The van der Waals surface area contributed by atoms with Gasteiger partial charge in [-0.05, 0) is 0 Å². The van der Waals surface area contributed by atoms with E-state index in [1.54, 1.807) is 16.8 Å². The Morgan fingerprint density at radius 3 is 2.94 bits per heavy atom. The predicted molar refractivity (Wildman–Crippen MR) is 64.0 cm³/mol. The lowest BCUT2D eigenvalue weighted by Crippen LogP contribution is -2.43. The molecule has 1 aliphatic rings. The van der Waals surface area contributed by atoms with Crippen molar-refractivity contribution in [3.8, 4) is 11.3 Å². The van der Waals surface area contributed by atoms with Gasteiger partial charge < -0.3 is 5.32 Å². The molecule has 1 aliphatic heterocycles. The SMILES string of the molecule is O=[N+]([O-])c1cccc(-c2cn(C3CNC3)nn2)c1. The molecular weight excluding hydrogens is 234 g/mol. The van der Waals surface area contributed by atoms with E-state index in [1.807, 2.05) is 6.20 Å². The van der Waals surface area contributed by atoms with E-state index >= 15 is 0 Å². The van der Waals surface area contributed by atoms with Gasteiger partial charge in [0, 0.05) is 30.8 Å². The lowest BCUT2D eigenvalue weighted by molar-refractivity contribution is -0.384. The van der Waals surface area contributed by atoms with Gasteiger partial charge in [0.05, 0.1) is 17.2 Å². The van der Waals surface area contributed by atoms with Gasteiger partial charge in [-0.2, -0.15) is 0 Å². The molecule has 1 fully saturated rings. The van der Waals surface area contributed by atoms with Crippen molar-refractivity contribution in [1.82, 2.24) is 20.3 Å². The number of benzene rings is 1. The van der Waals surface area contributed by atoms with E-state index in [0.717, 1.165) is 13.1 Å². The van der Waals surface area contributed by atoms with Gasteiger partial charge in [-0.3, -0.25) is 10.1 Å². The number of nitrogens with one attached hydrogen (secondary N) is 1. The van der Waals surface area contributed by atoms with Gasteiger partial charge in [0.25, 0.3) is 5.69 Å². The Kier molecular flexibility index (Phi) is 2.52. The first-order valence-corrected chi connectivity index (χ1v) is 5.61. The van der Waals surface area contributed by atoms with E-state index in [0.29, 0.717) is 17.3 Å². The summed E-state index contributed by atoms with van der Waals surface area (Å²) >= 11 is 0. The molecule has 18 heavy (non-hydrogen) atoms. The van der Waals surface area contributed by atoms with E-state index in [4.69, 9.17) is 0 Å². The van der Waals surface area contributed by atoms with E-state index in [9.17, 15) is 10.1 Å². The van der Waals surface area contributed by atoms with Gasteiger partial charge in [0.1, 0.15) is 5.69 Å². The van der Waals surface area contributed by atoms with E-state index < -0.39 is 4.92 Å². The van der Waals surface area contributed by atoms with Crippen molar-refractivity contribution in [1.29, 1.82) is 0 Å². The summed E-state index contributed by atoms with van der Waals surface area (Å²) in [5.41, 5.74) is 1.43. The maximum absolute atomic E-state index is 10.7. The van der Waals surface area contributed by atoms with Gasteiger partial charge in [0.2, 0.25) is 0 Å². The Balaban J connectivity index is 1.91. The van der Waals surface area contributed by atoms with Crippen LogP contribution in [0.1, 0.15) is 6.04 Å². The van der Waals surface area contributed by atoms with Crippen LogP contribution in [-0.2, 0) is 0 Å². The standard InChI is InChI=1S/C11H11N5O2/c17-16(18)9-3-1-2-8(4-9)11-7-15(14-13-11)10-5-12-6-10/h1-4,7,10,12H,5-6H2. The summed E-state index contributed by atoms with van der Waals surface area (Å²) in [5.74, 6) is 0. The highest BCUT2D eigenvalue weighted by Crippen LogP contribution is 2.22. The zero-order valence-electron chi connectivity index (χ0n) is 9.48. The summed E-state index contributed by atoms with van der Waals surface area (Å²) in [6, 6.07) is 6.75. The number of rotatable bonds is 3. The average Bonchev–Trinajstić information content (AvgIpc) is 2.76. The van der Waals surface area contributed by atoms with Gasteiger partial charge >= 0.3 is 0 Å². The Hall–Kier alpha value is -2.28. The molecule has 92 valence electrons. The van der Waals surface area contributed by atoms with Crippen LogP contribution in [0.5, 0.6) is 0 Å². The van der Waals surface area contributed by atoms with Crippen LogP contribution in [0.25, 0.3) is 11.3 Å². The predicted octanol–water partition coefficient (Wildman–Crippen LogP) is 0.998. The van der Waals surface area contributed by atoms with Crippen molar-refractivity contribution in [2.75, 3.05) is 13.1 Å². The molecule has 1 N–H and O–H groups in total. The van der Waals surface area contributed by atoms with Crippen LogP contribution >= 0.6 is 0 Å². The molecule has 0 unspecified atom stereocenters. The van der Waals surface area contributed by atoms with Crippen molar-refractivity contribution >= 4 is 5.69 Å². The molecule has 2 aromatic rings. The molecular formula is C11H11N5O2. The third-order valence-corrected chi connectivity index (χ3v) is 3.00. The molecule has 0 radical (unpaired) electrons. The Morgan fingerprint density at radius 1 is 1.44 bits per heavy atom. The molecule has 1 saturated heterocycles. The van der Waals surface area contributed by atoms with Crippen molar-refractivity contribution in [3.05, 3.63) is 40.6 Å². The Labute approximate surface area is 103 Å². The van der Waals surface area contributed by atoms with Gasteiger partial charge in [-0.25, -0.2) is 4.68 Å². The van der Waals surface area contributed by atoms with Gasteiger partial charge in [0.15, 0.2) is 0 Å². The van der Waals surface area contributed by atoms with Crippen LogP contribution in [0.4, 0.5) is 5.69 Å². The fourth-order valence-electron chi connectivity index (χ4n) is 1.83. The van der Waals surface area contributed by atoms with Crippen LogP contribution in [0.2, 0.25) is 0 Å². The van der Waals surface area contributed by atoms with Crippen LogP contribution in [-0.4, -0.2) is 33.0 Å². The normalized spacial score (nSPS) is 15.3. The molecule has 3 rings (SSSR count). The number of hydrogen-bond acceptors (Lipinski definition) is 5. The summed E-state index contributed by atoms with van der Waals surface area (Å²) in [4.78, 5) is 10.3. The Bertz CT molecular complexity index is 591. The minimum Gasteiger partial charge on any atom is -0.312 e. The van der Waals surface area contributed by atoms with Crippen molar-refractivity contribution in [2.24, 2.45) is 0 Å². The first-order chi connectivity index (χ1) is 8.74. The molecule has 0 aliphatic carbocycles. The van der Waals surface area contributed by atoms with Crippen LogP contribution in [0.3, 0.4) is 0 Å². The third-order valence-electron chi connectivity index (χ3n) is 3.00. The quantitative estimate of drug-likeness (QED) is 0.644. The molecule has 7 nitrogen and oxygen atoms in total. The summed E-state index contributed by atoms with van der Waals surface area (Å²) in [6.45, 7) is 1.77. The molecule has 7 heteroatoms. The largest absolute Gasteiger partial charge is 0.312 e. The first-order valence-electron chi connectivity index (χ1n) is 5.61. The fourth-order valence-corrected chi connectivity index (χ4v) is 1.83. The van der Waals surface area contributed by atoms with Crippen molar-refractivity contribution < 1.29 is 4.92 Å². The van der Waals surface area contributed by atoms with Crippen LogP contribution in [0, 0.1) is 10.1 Å². The second kappa shape index (κ2) is 4.19. The zero-order valence-corrected chi connectivity index (χ0v) is 9.48. The summed E-state index contributed by atoms with van der Waals surface area (Å²) < 4.78 is 1.80. The number of nitrogens with zero attached hydrogens (tertiary/aromatic N) is 4. The molecule has 0 atom stereocenters. The maximum atomic E-state index is 10.7. The van der Waals surface area contributed by atoms with E-state index in [-0.39, 0.29) is 5.69 Å². The topological polar surface area (TPSA) is 85.9 Å². The molecule has 0 bridgehead atoms. The third kappa shape index (κ3) is 1.84. The zero-order chi connectivity index (χ0) is 12.5. The first kappa shape index (κ1) is 10.8. The monoisotopic (exact) mass is 245 g/mol. The molecule has 1 aromatic carbocycles. The number of nitro benzene ring substituents is 1. The average molecular weight is 245 g/mol. The van der Waals surface area contributed by atoms with Crippen molar-refractivity contribution in [2.45, 2.75) is 6.04 Å². The molecule has 0 spiro atoms. The number of nitro groups is 1. The molecule has 2 heterocycles. The number of hydrogen-bond donors (Lipinski definition) is 1. The molecule has 0 amide bonds. The van der Waals surface area contributed by atoms with Crippen LogP contribution in [0.15, 0.2) is 30.5 Å². The van der Waals surface area contributed by atoms with Crippen LogP contribution < -0.4 is 5.32 Å². The van der Waals surface area contributed by atoms with Crippen molar-refractivity contribution in [3.63, 3.8) is 0 Å². The number of aromatic nitrogens is 3. The van der Waals surface area contributed by atoms with Gasteiger partial charge in [-0.1, -0.05) is 17.3 Å².